The number of hydrogen-bond acceptors (Lipinski definition) is 3. The molecule has 2 amide bonds. The van der Waals surface area contributed by atoms with Crippen molar-refractivity contribution < 1.29 is 14.7 Å². The quantitative estimate of drug-likeness (QED) is 0.581. The van der Waals surface area contributed by atoms with Crippen LogP contribution >= 0.6 is 24.2 Å². The fourth-order valence-electron chi connectivity index (χ4n) is 1.61. The van der Waals surface area contributed by atoms with E-state index in [1.54, 1.807) is 6.07 Å². The number of carboxylic acid groups (broad SMARTS) is 1. The van der Waals surface area contributed by atoms with Crippen LogP contribution in [0.5, 0.6) is 0 Å². The lowest BCUT2D eigenvalue weighted by molar-refractivity contribution is -0.136. The molecule has 0 saturated heterocycles. The van der Waals surface area contributed by atoms with Crippen LogP contribution in [0.3, 0.4) is 0 Å². The fourth-order valence-corrected chi connectivity index (χ4v) is 2.04. The van der Waals surface area contributed by atoms with Crippen molar-refractivity contribution in [2.45, 2.75) is 18.9 Å². The maximum absolute atomic E-state index is 11.6. The minimum atomic E-state index is -0.952. The van der Waals surface area contributed by atoms with E-state index in [9.17, 15) is 9.59 Å². The lowest BCUT2D eigenvalue weighted by Gasteiger charge is -2.17. The average Bonchev–Trinajstić information content (AvgIpc) is 2.40. The molecule has 5 nitrogen and oxygen atoms in total. The standard InChI is InChI=1S/C13H17ClN2O3S/c14-11-4-2-1-3-9(11)7-10(8-20)16-13(19)15-6-5-12(17)18/h1-4,10,20H,5-8H2,(H,17,18)(H2,15,16,19)/t10-/m1/s1. The van der Waals surface area contributed by atoms with Gasteiger partial charge in [-0.3, -0.25) is 4.79 Å². The van der Waals surface area contributed by atoms with Crippen molar-refractivity contribution in [3.63, 3.8) is 0 Å². The Morgan fingerprint density at radius 3 is 2.65 bits per heavy atom. The first kappa shape index (κ1) is 16.7. The molecule has 1 aromatic carbocycles. The minimum absolute atomic E-state index is 0.0898. The van der Waals surface area contributed by atoms with Gasteiger partial charge < -0.3 is 15.7 Å². The fraction of sp³-hybridized carbons (Fsp3) is 0.385. The normalized spacial score (nSPS) is 11.7. The van der Waals surface area contributed by atoms with Crippen LogP contribution < -0.4 is 10.6 Å². The van der Waals surface area contributed by atoms with Crippen LogP contribution in [0, 0.1) is 0 Å². The number of benzene rings is 1. The second-order valence-electron chi connectivity index (χ2n) is 4.22. The second-order valence-corrected chi connectivity index (χ2v) is 4.99. The minimum Gasteiger partial charge on any atom is -0.481 e. The van der Waals surface area contributed by atoms with Crippen molar-refractivity contribution in [1.29, 1.82) is 0 Å². The van der Waals surface area contributed by atoms with Gasteiger partial charge >= 0.3 is 12.0 Å². The number of rotatable bonds is 7. The van der Waals surface area contributed by atoms with Crippen LogP contribution in [0.1, 0.15) is 12.0 Å². The van der Waals surface area contributed by atoms with E-state index in [4.69, 9.17) is 16.7 Å². The number of carbonyl (C=O) groups excluding carboxylic acids is 1. The Balaban J connectivity index is 2.45. The highest BCUT2D eigenvalue weighted by Crippen LogP contribution is 2.16. The summed E-state index contributed by atoms with van der Waals surface area (Å²) < 4.78 is 0. The van der Waals surface area contributed by atoms with Gasteiger partial charge in [-0.25, -0.2) is 4.79 Å². The summed E-state index contributed by atoms with van der Waals surface area (Å²) in [5.74, 6) is -0.496. The molecule has 7 heteroatoms. The number of carboxylic acids is 1. The van der Waals surface area contributed by atoms with Crippen molar-refractivity contribution in [2.75, 3.05) is 12.3 Å². The SMILES string of the molecule is O=C(O)CCNC(=O)N[C@@H](CS)Cc1ccccc1Cl. The third-order valence-corrected chi connectivity index (χ3v) is 3.41. The third kappa shape index (κ3) is 6.16. The topological polar surface area (TPSA) is 78.4 Å². The molecule has 1 atom stereocenters. The van der Waals surface area contributed by atoms with Crippen molar-refractivity contribution >= 4 is 36.2 Å². The average molecular weight is 317 g/mol. The molecule has 20 heavy (non-hydrogen) atoms. The van der Waals surface area contributed by atoms with E-state index in [0.717, 1.165) is 5.56 Å². The zero-order valence-electron chi connectivity index (χ0n) is 10.8. The highest BCUT2D eigenvalue weighted by molar-refractivity contribution is 7.80. The van der Waals surface area contributed by atoms with Gasteiger partial charge in [0.05, 0.1) is 6.42 Å². The molecule has 1 aromatic rings. The van der Waals surface area contributed by atoms with E-state index >= 15 is 0 Å². The van der Waals surface area contributed by atoms with Crippen molar-refractivity contribution in [2.24, 2.45) is 0 Å². The smallest absolute Gasteiger partial charge is 0.315 e. The van der Waals surface area contributed by atoms with E-state index in [1.165, 1.54) is 0 Å². The molecule has 0 spiro atoms. The van der Waals surface area contributed by atoms with Crippen molar-refractivity contribution in [1.82, 2.24) is 10.6 Å². The molecule has 0 radical (unpaired) electrons. The summed E-state index contributed by atoms with van der Waals surface area (Å²) in [6, 6.07) is 6.82. The molecule has 0 aromatic heterocycles. The van der Waals surface area contributed by atoms with Gasteiger partial charge in [-0.1, -0.05) is 29.8 Å². The zero-order valence-corrected chi connectivity index (χ0v) is 12.5. The molecule has 1 rings (SSSR count). The van der Waals surface area contributed by atoms with Gasteiger partial charge in [0.1, 0.15) is 0 Å². The number of halogens is 1. The summed E-state index contributed by atoms with van der Waals surface area (Å²) in [6.07, 6.45) is 0.457. The predicted octanol–water partition coefficient (Wildman–Crippen LogP) is 1.95. The highest BCUT2D eigenvalue weighted by Gasteiger charge is 2.13. The van der Waals surface area contributed by atoms with E-state index in [2.05, 4.69) is 23.3 Å². The van der Waals surface area contributed by atoms with Crippen LogP contribution in [0.25, 0.3) is 0 Å². The van der Waals surface area contributed by atoms with Crippen LogP contribution in [0.4, 0.5) is 4.79 Å². The largest absolute Gasteiger partial charge is 0.481 e. The van der Waals surface area contributed by atoms with Crippen LogP contribution in [0.15, 0.2) is 24.3 Å². The maximum Gasteiger partial charge on any atom is 0.315 e. The summed E-state index contributed by atoms with van der Waals surface area (Å²) in [7, 11) is 0. The molecule has 0 aliphatic rings. The number of nitrogens with one attached hydrogen (secondary N) is 2. The Kier molecular flexibility index (Phi) is 7.25. The van der Waals surface area contributed by atoms with Gasteiger partial charge in [0, 0.05) is 23.4 Å². The third-order valence-electron chi connectivity index (χ3n) is 2.60. The van der Waals surface area contributed by atoms with Crippen LogP contribution in [-0.2, 0) is 11.2 Å². The van der Waals surface area contributed by atoms with E-state index in [1.807, 2.05) is 18.2 Å². The Labute approximate surface area is 128 Å². The Morgan fingerprint density at radius 2 is 2.05 bits per heavy atom. The first-order valence-corrected chi connectivity index (χ1v) is 7.14. The zero-order chi connectivity index (χ0) is 15.0. The van der Waals surface area contributed by atoms with Crippen molar-refractivity contribution in [3.8, 4) is 0 Å². The molecule has 0 saturated carbocycles. The first-order chi connectivity index (χ1) is 9.52. The number of carbonyl (C=O) groups is 2. The summed E-state index contributed by atoms with van der Waals surface area (Å²) in [5, 5.41) is 14.3. The number of urea groups is 1. The number of amides is 2. The lowest BCUT2D eigenvalue weighted by Crippen LogP contribution is -2.44. The van der Waals surface area contributed by atoms with E-state index in [0.29, 0.717) is 17.2 Å². The van der Waals surface area contributed by atoms with Gasteiger partial charge in [-0.05, 0) is 18.1 Å². The number of hydrogen-bond donors (Lipinski definition) is 4. The maximum atomic E-state index is 11.6. The number of aliphatic carboxylic acids is 1. The summed E-state index contributed by atoms with van der Waals surface area (Å²) in [4.78, 5) is 21.9. The summed E-state index contributed by atoms with van der Waals surface area (Å²) >= 11 is 10.3. The molecule has 0 heterocycles. The molecule has 0 unspecified atom stereocenters. The van der Waals surface area contributed by atoms with Crippen LogP contribution in [-0.4, -0.2) is 35.4 Å². The van der Waals surface area contributed by atoms with Gasteiger partial charge in [-0.2, -0.15) is 12.6 Å². The monoisotopic (exact) mass is 316 g/mol. The number of thiol groups is 1. The van der Waals surface area contributed by atoms with E-state index in [-0.39, 0.29) is 19.0 Å². The molecular weight excluding hydrogens is 300 g/mol. The molecule has 0 bridgehead atoms. The first-order valence-electron chi connectivity index (χ1n) is 6.13. The van der Waals surface area contributed by atoms with Gasteiger partial charge in [-0.15, -0.1) is 0 Å². The Hall–Kier alpha value is -1.40. The lowest BCUT2D eigenvalue weighted by atomic mass is 10.1. The van der Waals surface area contributed by atoms with Gasteiger partial charge in [0.15, 0.2) is 0 Å². The van der Waals surface area contributed by atoms with Crippen LogP contribution in [0.2, 0.25) is 5.02 Å². The molecular formula is C13H17ClN2O3S. The molecule has 0 aliphatic heterocycles. The second kappa shape index (κ2) is 8.71. The Morgan fingerprint density at radius 1 is 1.35 bits per heavy atom. The van der Waals surface area contributed by atoms with Crippen molar-refractivity contribution in [3.05, 3.63) is 34.9 Å². The molecule has 3 N–H and O–H groups in total. The Bertz CT molecular complexity index is 471. The summed E-state index contributed by atoms with van der Waals surface area (Å²) in [6.45, 7) is 0.0898. The molecule has 0 fully saturated rings. The predicted molar refractivity (Wildman–Crippen MR) is 81.6 cm³/mol. The molecule has 110 valence electrons. The van der Waals surface area contributed by atoms with Gasteiger partial charge in [0.25, 0.3) is 0 Å². The van der Waals surface area contributed by atoms with Gasteiger partial charge in [0.2, 0.25) is 0 Å². The van der Waals surface area contributed by atoms with E-state index < -0.39 is 12.0 Å². The summed E-state index contributed by atoms with van der Waals surface area (Å²) in [5.41, 5.74) is 0.930. The molecule has 0 aliphatic carbocycles. The highest BCUT2D eigenvalue weighted by atomic mass is 35.5.